The summed E-state index contributed by atoms with van der Waals surface area (Å²) in [6.07, 6.45) is 0.114. The van der Waals surface area contributed by atoms with Crippen LogP contribution in [0.4, 0.5) is 5.69 Å². The average molecular weight is 456 g/mol. The molecular formula is C24H22ClNO6. The van der Waals surface area contributed by atoms with Crippen LogP contribution in [0, 0.1) is 0 Å². The van der Waals surface area contributed by atoms with Crippen molar-refractivity contribution in [1.29, 1.82) is 0 Å². The summed E-state index contributed by atoms with van der Waals surface area (Å²) in [5, 5.41) is 4.62. The van der Waals surface area contributed by atoms with Gasteiger partial charge in [0.05, 0.1) is 25.7 Å². The Balaban J connectivity index is 1.72. The number of rotatable bonds is 8. The molecule has 0 atom stereocenters. The molecule has 0 bridgehead atoms. The maximum absolute atomic E-state index is 12.4. The van der Waals surface area contributed by atoms with E-state index in [1.807, 2.05) is 0 Å². The number of fused-ring (bicyclic) bond motifs is 1. The van der Waals surface area contributed by atoms with E-state index in [-0.39, 0.29) is 24.6 Å². The second-order valence-corrected chi connectivity index (χ2v) is 7.29. The Bertz CT molecular complexity index is 1160. The SMILES string of the molecule is CCOC(=O)Cc1cccc(NC(=O)COc2cc(C(=O)OC)cc3cc(Cl)ccc23)c1. The molecule has 0 aliphatic heterocycles. The van der Waals surface area contributed by atoms with Crippen LogP contribution < -0.4 is 10.1 Å². The molecule has 0 saturated carbocycles. The fourth-order valence-corrected chi connectivity index (χ4v) is 3.32. The standard InChI is InChI=1S/C24H22ClNO6/c1-3-31-23(28)10-15-5-4-6-19(9-15)26-22(27)14-32-21-13-17(24(29)30-2)11-16-12-18(25)7-8-20(16)21/h4-9,11-13H,3,10,14H2,1-2H3,(H,26,27). The molecule has 3 rings (SSSR count). The average Bonchev–Trinajstić information content (AvgIpc) is 2.76. The Hall–Kier alpha value is -3.58. The van der Waals surface area contributed by atoms with Crippen LogP contribution in [0.25, 0.3) is 10.8 Å². The highest BCUT2D eigenvalue weighted by molar-refractivity contribution is 6.31. The van der Waals surface area contributed by atoms with Crippen LogP contribution in [0.2, 0.25) is 5.02 Å². The van der Waals surface area contributed by atoms with Crippen molar-refractivity contribution in [3.8, 4) is 5.75 Å². The van der Waals surface area contributed by atoms with Gasteiger partial charge in [-0.2, -0.15) is 0 Å². The monoisotopic (exact) mass is 455 g/mol. The maximum Gasteiger partial charge on any atom is 0.338 e. The first-order valence-corrected chi connectivity index (χ1v) is 10.3. The number of carbonyl (C=O) groups is 3. The van der Waals surface area contributed by atoms with Gasteiger partial charge in [0.1, 0.15) is 5.75 Å². The van der Waals surface area contributed by atoms with Crippen molar-refractivity contribution in [3.63, 3.8) is 0 Å². The molecule has 0 radical (unpaired) electrons. The highest BCUT2D eigenvalue weighted by Crippen LogP contribution is 2.30. The van der Waals surface area contributed by atoms with E-state index < -0.39 is 11.9 Å². The topological polar surface area (TPSA) is 90.9 Å². The number of carbonyl (C=O) groups excluding carboxylic acids is 3. The van der Waals surface area contributed by atoms with Gasteiger partial charge in [0.25, 0.3) is 5.91 Å². The molecule has 7 nitrogen and oxygen atoms in total. The third-order valence-electron chi connectivity index (χ3n) is 4.52. The third kappa shape index (κ3) is 5.98. The van der Waals surface area contributed by atoms with E-state index in [0.29, 0.717) is 33.8 Å². The molecule has 0 spiro atoms. The lowest BCUT2D eigenvalue weighted by atomic mass is 10.1. The van der Waals surface area contributed by atoms with E-state index in [0.717, 1.165) is 5.56 Å². The molecule has 0 saturated heterocycles. The van der Waals surface area contributed by atoms with Gasteiger partial charge < -0.3 is 19.5 Å². The van der Waals surface area contributed by atoms with E-state index >= 15 is 0 Å². The fraction of sp³-hybridized carbons (Fsp3) is 0.208. The highest BCUT2D eigenvalue weighted by Gasteiger charge is 2.14. The van der Waals surface area contributed by atoms with Crippen molar-refractivity contribution in [1.82, 2.24) is 0 Å². The molecule has 8 heteroatoms. The second kappa shape index (κ2) is 10.6. The molecule has 0 aromatic heterocycles. The van der Waals surface area contributed by atoms with Crippen LogP contribution in [0.3, 0.4) is 0 Å². The number of halogens is 1. The van der Waals surface area contributed by atoms with Crippen LogP contribution in [-0.4, -0.2) is 38.2 Å². The molecule has 166 valence electrons. The Morgan fingerprint density at radius 1 is 1.03 bits per heavy atom. The first-order chi connectivity index (χ1) is 15.4. The molecular weight excluding hydrogens is 434 g/mol. The zero-order valence-electron chi connectivity index (χ0n) is 17.6. The largest absolute Gasteiger partial charge is 0.483 e. The normalized spacial score (nSPS) is 10.5. The number of anilines is 1. The minimum Gasteiger partial charge on any atom is -0.483 e. The van der Waals surface area contributed by atoms with Crippen LogP contribution in [0.15, 0.2) is 54.6 Å². The van der Waals surface area contributed by atoms with Gasteiger partial charge in [0.2, 0.25) is 0 Å². The number of esters is 2. The van der Waals surface area contributed by atoms with Crippen molar-refractivity contribution in [2.75, 3.05) is 25.6 Å². The molecule has 32 heavy (non-hydrogen) atoms. The van der Waals surface area contributed by atoms with Gasteiger partial charge in [-0.25, -0.2) is 4.79 Å². The van der Waals surface area contributed by atoms with Crippen LogP contribution in [-0.2, 0) is 25.5 Å². The second-order valence-electron chi connectivity index (χ2n) is 6.85. The lowest BCUT2D eigenvalue weighted by Gasteiger charge is -2.12. The molecule has 3 aromatic carbocycles. The van der Waals surface area contributed by atoms with Crippen molar-refractivity contribution in [2.24, 2.45) is 0 Å². The molecule has 0 fully saturated rings. The van der Waals surface area contributed by atoms with E-state index in [2.05, 4.69) is 5.32 Å². The smallest absolute Gasteiger partial charge is 0.338 e. The summed E-state index contributed by atoms with van der Waals surface area (Å²) < 4.78 is 15.5. The number of ether oxygens (including phenoxy) is 3. The van der Waals surface area contributed by atoms with Crippen molar-refractivity contribution in [2.45, 2.75) is 13.3 Å². The minimum absolute atomic E-state index is 0.114. The van der Waals surface area contributed by atoms with Gasteiger partial charge in [-0.15, -0.1) is 0 Å². The summed E-state index contributed by atoms with van der Waals surface area (Å²) in [5.41, 5.74) is 1.53. The molecule has 0 unspecified atom stereocenters. The van der Waals surface area contributed by atoms with Crippen LogP contribution in [0.5, 0.6) is 5.75 Å². The predicted octanol–water partition coefficient (Wildman–Crippen LogP) is 4.40. The summed E-state index contributed by atoms with van der Waals surface area (Å²) in [6, 6.07) is 15.2. The number of methoxy groups -OCH3 is 1. The van der Waals surface area contributed by atoms with Crippen molar-refractivity contribution < 1.29 is 28.6 Å². The lowest BCUT2D eigenvalue weighted by molar-refractivity contribution is -0.142. The fourth-order valence-electron chi connectivity index (χ4n) is 3.14. The summed E-state index contributed by atoms with van der Waals surface area (Å²) >= 11 is 6.07. The van der Waals surface area contributed by atoms with Gasteiger partial charge in [0.15, 0.2) is 6.61 Å². The molecule has 1 N–H and O–H groups in total. The molecule has 0 aliphatic carbocycles. The van der Waals surface area contributed by atoms with Crippen LogP contribution in [0.1, 0.15) is 22.8 Å². The van der Waals surface area contributed by atoms with E-state index in [1.54, 1.807) is 55.5 Å². The number of amides is 1. The zero-order valence-corrected chi connectivity index (χ0v) is 18.4. The van der Waals surface area contributed by atoms with E-state index in [1.165, 1.54) is 13.2 Å². The first-order valence-electron chi connectivity index (χ1n) is 9.88. The first kappa shape index (κ1) is 23.1. The van der Waals surface area contributed by atoms with Gasteiger partial charge in [-0.05, 0) is 60.3 Å². The number of hydrogen-bond donors (Lipinski definition) is 1. The Morgan fingerprint density at radius 2 is 1.84 bits per heavy atom. The summed E-state index contributed by atoms with van der Waals surface area (Å²) in [7, 11) is 1.29. The Labute approximate surface area is 190 Å². The predicted molar refractivity (Wildman–Crippen MR) is 121 cm³/mol. The van der Waals surface area contributed by atoms with Gasteiger partial charge >= 0.3 is 11.9 Å². The van der Waals surface area contributed by atoms with Gasteiger partial charge in [-0.1, -0.05) is 23.7 Å². The van der Waals surface area contributed by atoms with Crippen molar-refractivity contribution >= 4 is 45.9 Å². The van der Waals surface area contributed by atoms with Crippen LogP contribution >= 0.6 is 11.6 Å². The highest BCUT2D eigenvalue weighted by atomic mass is 35.5. The minimum atomic E-state index is -0.528. The maximum atomic E-state index is 12.4. The Kier molecular flexibility index (Phi) is 7.68. The lowest BCUT2D eigenvalue weighted by Crippen LogP contribution is -2.20. The molecule has 0 heterocycles. The molecule has 0 aliphatic rings. The van der Waals surface area contributed by atoms with Gasteiger partial charge in [-0.3, -0.25) is 9.59 Å². The molecule has 1 amide bonds. The number of hydrogen-bond acceptors (Lipinski definition) is 6. The van der Waals surface area contributed by atoms with E-state index in [9.17, 15) is 14.4 Å². The number of nitrogens with one attached hydrogen (secondary N) is 1. The molecule has 3 aromatic rings. The summed E-state index contributed by atoms with van der Waals surface area (Å²) in [4.78, 5) is 36.1. The summed E-state index contributed by atoms with van der Waals surface area (Å²) in [5.74, 6) is -0.911. The van der Waals surface area contributed by atoms with Gasteiger partial charge in [0, 0.05) is 16.1 Å². The Morgan fingerprint density at radius 3 is 2.59 bits per heavy atom. The van der Waals surface area contributed by atoms with Crippen molar-refractivity contribution in [3.05, 3.63) is 70.7 Å². The van der Waals surface area contributed by atoms with E-state index in [4.69, 9.17) is 25.8 Å². The summed E-state index contributed by atoms with van der Waals surface area (Å²) in [6.45, 7) is 1.77. The quantitative estimate of drug-likeness (QED) is 0.506. The number of benzene rings is 3. The zero-order chi connectivity index (χ0) is 23.1. The third-order valence-corrected chi connectivity index (χ3v) is 4.76.